The third kappa shape index (κ3) is 3.63. The van der Waals surface area contributed by atoms with E-state index >= 15 is 0 Å². The molecule has 1 unspecified atom stereocenters. The molecule has 1 aliphatic carbocycles. The number of pyridine rings is 1. The van der Waals surface area contributed by atoms with Crippen LogP contribution in [-0.2, 0) is 23.8 Å². The largest absolute Gasteiger partial charge is 0.417 e. The SMILES string of the molecule is O=C(C1CCc2nc[nH]c2C1)N1CCN(c2ccc(C(F)(F)F)cn2)CC1. The van der Waals surface area contributed by atoms with Crippen LogP contribution in [0.5, 0.6) is 0 Å². The minimum atomic E-state index is -4.38. The van der Waals surface area contributed by atoms with Gasteiger partial charge in [-0.2, -0.15) is 13.2 Å². The normalized spacial score (nSPS) is 20.5. The van der Waals surface area contributed by atoms with Gasteiger partial charge in [-0.3, -0.25) is 4.79 Å². The van der Waals surface area contributed by atoms with Gasteiger partial charge >= 0.3 is 6.18 Å². The highest BCUT2D eigenvalue weighted by Crippen LogP contribution is 2.30. The topological polar surface area (TPSA) is 65.1 Å². The van der Waals surface area contributed by atoms with Crippen LogP contribution in [0, 0.1) is 5.92 Å². The summed E-state index contributed by atoms with van der Waals surface area (Å²) in [7, 11) is 0. The Hall–Kier alpha value is -2.58. The molecule has 9 heteroatoms. The summed E-state index contributed by atoms with van der Waals surface area (Å²) in [6.45, 7) is 2.22. The van der Waals surface area contributed by atoms with E-state index in [1.165, 1.54) is 6.07 Å². The van der Waals surface area contributed by atoms with Gasteiger partial charge in [0, 0.05) is 50.4 Å². The molecule has 27 heavy (non-hydrogen) atoms. The molecule has 3 heterocycles. The van der Waals surface area contributed by atoms with Gasteiger partial charge in [-0.1, -0.05) is 0 Å². The number of carbonyl (C=O) groups excluding carboxylic acids is 1. The quantitative estimate of drug-likeness (QED) is 0.870. The molecule has 1 fully saturated rings. The van der Waals surface area contributed by atoms with E-state index in [9.17, 15) is 18.0 Å². The molecule has 0 aromatic carbocycles. The van der Waals surface area contributed by atoms with Crippen molar-refractivity contribution < 1.29 is 18.0 Å². The van der Waals surface area contributed by atoms with Crippen LogP contribution in [-0.4, -0.2) is 51.9 Å². The number of nitrogens with one attached hydrogen (secondary N) is 1. The fourth-order valence-electron chi connectivity index (χ4n) is 3.77. The Morgan fingerprint density at radius 2 is 1.93 bits per heavy atom. The van der Waals surface area contributed by atoms with Gasteiger partial charge in [0.1, 0.15) is 5.82 Å². The van der Waals surface area contributed by atoms with E-state index in [1.54, 1.807) is 6.33 Å². The second-order valence-corrected chi connectivity index (χ2v) is 6.98. The number of aryl methyl sites for hydroxylation is 1. The number of alkyl halides is 3. The monoisotopic (exact) mass is 379 g/mol. The number of hydrogen-bond acceptors (Lipinski definition) is 4. The first-order chi connectivity index (χ1) is 12.9. The molecule has 2 aromatic heterocycles. The average Bonchev–Trinajstić information content (AvgIpc) is 3.15. The Kier molecular flexibility index (Phi) is 4.53. The highest BCUT2D eigenvalue weighted by Gasteiger charge is 2.33. The highest BCUT2D eigenvalue weighted by atomic mass is 19.4. The predicted octanol–water partition coefficient (Wildman–Crippen LogP) is 2.28. The standard InChI is InChI=1S/C18H20F3N5O/c19-18(20,21)13-2-4-16(22-10-13)25-5-7-26(8-6-25)17(27)12-1-3-14-15(9-12)24-11-23-14/h2,4,10-12H,1,3,5-9H2,(H,23,24). The Morgan fingerprint density at radius 3 is 2.59 bits per heavy atom. The van der Waals surface area contributed by atoms with E-state index in [4.69, 9.17) is 0 Å². The van der Waals surface area contributed by atoms with Crippen molar-refractivity contribution in [3.05, 3.63) is 41.6 Å². The number of amides is 1. The lowest BCUT2D eigenvalue weighted by Crippen LogP contribution is -2.51. The van der Waals surface area contributed by atoms with E-state index in [2.05, 4.69) is 15.0 Å². The number of aromatic amines is 1. The van der Waals surface area contributed by atoms with Crippen molar-refractivity contribution >= 4 is 11.7 Å². The van der Waals surface area contributed by atoms with Crippen LogP contribution in [0.25, 0.3) is 0 Å². The van der Waals surface area contributed by atoms with Gasteiger partial charge in [-0.15, -0.1) is 0 Å². The van der Waals surface area contributed by atoms with Crippen LogP contribution in [0.15, 0.2) is 24.7 Å². The van der Waals surface area contributed by atoms with E-state index in [0.717, 1.165) is 36.5 Å². The summed E-state index contributed by atoms with van der Waals surface area (Å²) in [5.74, 6) is 0.624. The van der Waals surface area contributed by atoms with Crippen molar-refractivity contribution in [3.63, 3.8) is 0 Å². The lowest BCUT2D eigenvalue weighted by Gasteiger charge is -2.37. The number of fused-ring (bicyclic) bond motifs is 1. The molecule has 1 saturated heterocycles. The zero-order valence-electron chi connectivity index (χ0n) is 14.7. The zero-order chi connectivity index (χ0) is 19.0. The lowest BCUT2D eigenvalue weighted by atomic mass is 9.88. The van der Waals surface area contributed by atoms with E-state index < -0.39 is 11.7 Å². The third-order valence-electron chi connectivity index (χ3n) is 5.33. The van der Waals surface area contributed by atoms with Crippen molar-refractivity contribution in [3.8, 4) is 0 Å². The fourth-order valence-corrected chi connectivity index (χ4v) is 3.77. The van der Waals surface area contributed by atoms with E-state index in [0.29, 0.717) is 38.4 Å². The molecule has 0 spiro atoms. The Morgan fingerprint density at radius 1 is 1.15 bits per heavy atom. The van der Waals surface area contributed by atoms with Crippen molar-refractivity contribution in [1.29, 1.82) is 0 Å². The molecule has 6 nitrogen and oxygen atoms in total. The minimum Gasteiger partial charge on any atom is -0.353 e. The number of rotatable bonds is 2. The summed E-state index contributed by atoms with van der Waals surface area (Å²) >= 11 is 0. The van der Waals surface area contributed by atoms with Gasteiger partial charge < -0.3 is 14.8 Å². The third-order valence-corrected chi connectivity index (χ3v) is 5.33. The Bertz CT molecular complexity index is 809. The number of imidazole rings is 1. The molecular formula is C18H20F3N5O. The highest BCUT2D eigenvalue weighted by molar-refractivity contribution is 5.79. The van der Waals surface area contributed by atoms with Crippen LogP contribution in [0.2, 0.25) is 0 Å². The maximum Gasteiger partial charge on any atom is 0.417 e. The number of aromatic nitrogens is 3. The predicted molar refractivity (Wildman–Crippen MR) is 92.1 cm³/mol. The number of hydrogen-bond donors (Lipinski definition) is 1. The first-order valence-electron chi connectivity index (χ1n) is 9.00. The molecule has 1 atom stereocenters. The number of nitrogens with zero attached hydrogens (tertiary/aromatic N) is 4. The zero-order valence-corrected chi connectivity index (χ0v) is 14.7. The van der Waals surface area contributed by atoms with Gasteiger partial charge in [0.25, 0.3) is 0 Å². The summed E-state index contributed by atoms with van der Waals surface area (Å²) in [6, 6.07) is 2.44. The summed E-state index contributed by atoms with van der Waals surface area (Å²) in [5, 5.41) is 0. The second kappa shape index (κ2) is 6.86. The van der Waals surface area contributed by atoms with Gasteiger partial charge in [-0.05, 0) is 25.0 Å². The first kappa shape index (κ1) is 17.8. The van der Waals surface area contributed by atoms with Gasteiger partial charge in [0.05, 0.1) is 17.6 Å². The van der Waals surface area contributed by atoms with Crippen LogP contribution in [0.3, 0.4) is 0 Å². The van der Waals surface area contributed by atoms with E-state index in [-0.39, 0.29) is 11.8 Å². The summed E-state index contributed by atoms with van der Waals surface area (Å²) in [5.41, 5.74) is 1.35. The summed E-state index contributed by atoms with van der Waals surface area (Å²) in [4.78, 5) is 27.9. The van der Waals surface area contributed by atoms with Crippen LogP contribution < -0.4 is 4.90 Å². The molecule has 0 saturated carbocycles. The molecule has 1 N–H and O–H groups in total. The number of halogens is 3. The maximum atomic E-state index is 12.8. The maximum absolute atomic E-state index is 12.8. The molecule has 2 aliphatic rings. The van der Waals surface area contributed by atoms with Crippen LogP contribution in [0.1, 0.15) is 23.4 Å². The van der Waals surface area contributed by atoms with Crippen molar-refractivity contribution in [2.24, 2.45) is 5.92 Å². The fraction of sp³-hybridized carbons (Fsp3) is 0.500. The van der Waals surface area contributed by atoms with E-state index in [1.807, 2.05) is 9.80 Å². The Labute approximate surface area is 154 Å². The minimum absolute atomic E-state index is 0.0336. The van der Waals surface area contributed by atoms with Crippen molar-refractivity contribution in [2.45, 2.75) is 25.4 Å². The van der Waals surface area contributed by atoms with Crippen molar-refractivity contribution in [1.82, 2.24) is 19.9 Å². The van der Waals surface area contributed by atoms with Crippen LogP contribution in [0.4, 0.5) is 19.0 Å². The van der Waals surface area contributed by atoms with Crippen molar-refractivity contribution in [2.75, 3.05) is 31.1 Å². The van der Waals surface area contributed by atoms with Gasteiger partial charge in [0.2, 0.25) is 5.91 Å². The molecule has 144 valence electrons. The molecular weight excluding hydrogens is 359 g/mol. The number of anilines is 1. The number of carbonyl (C=O) groups is 1. The van der Waals surface area contributed by atoms with Gasteiger partial charge in [0.15, 0.2) is 0 Å². The average molecular weight is 379 g/mol. The molecule has 2 aromatic rings. The first-order valence-corrected chi connectivity index (χ1v) is 9.00. The molecule has 1 aliphatic heterocycles. The summed E-state index contributed by atoms with van der Waals surface area (Å²) < 4.78 is 37.9. The molecule has 0 radical (unpaired) electrons. The second-order valence-electron chi connectivity index (χ2n) is 6.98. The molecule has 0 bridgehead atoms. The smallest absolute Gasteiger partial charge is 0.353 e. The molecule has 1 amide bonds. The summed E-state index contributed by atoms with van der Waals surface area (Å²) in [6.07, 6.45) is 0.451. The molecule has 4 rings (SSSR count). The number of piperazine rings is 1. The van der Waals surface area contributed by atoms with Crippen LogP contribution >= 0.6 is 0 Å². The number of H-pyrrole nitrogens is 1. The Balaban J connectivity index is 1.34. The van der Waals surface area contributed by atoms with Gasteiger partial charge in [-0.25, -0.2) is 9.97 Å². The lowest BCUT2D eigenvalue weighted by molar-refractivity contribution is -0.138.